The average molecular weight is 431 g/mol. The summed E-state index contributed by atoms with van der Waals surface area (Å²) in [6, 6.07) is 4.08. The number of carbonyl (C=O) groups is 2. The summed E-state index contributed by atoms with van der Waals surface area (Å²) in [5.74, 6) is -0.888. The Morgan fingerprint density at radius 1 is 1.39 bits per heavy atom. The standard InChI is InChI=1S/C19H27ClN2O5S/c1-5-19(3,18(24)27-4)21-17(23)14-8-9-15(20)16(11-14)28(25,26)22-10-6-7-13(2)12-22/h8-9,11,13H,5-7,10,12H2,1-4H3,(H,21,23). The van der Waals surface area contributed by atoms with Crippen molar-refractivity contribution in [3.63, 3.8) is 0 Å². The molecule has 0 radical (unpaired) electrons. The summed E-state index contributed by atoms with van der Waals surface area (Å²) in [4.78, 5) is 24.6. The fourth-order valence-electron chi connectivity index (χ4n) is 3.18. The van der Waals surface area contributed by atoms with Crippen molar-refractivity contribution in [3.05, 3.63) is 28.8 Å². The number of esters is 1. The molecule has 1 N–H and O–H groups in total. The Bertz CT molecular complexity index is 858. The summed E-state index contributed by atoms with van der Waals surface area (Å²) in [5, 5.41) is 2.69. The van der Waals surface area contributed by atoms with Crippen LogP contribution in [0.1, 0.15) is 50.4 Å². The third-order valence-electron chi connectivity index (χ3n) is 5.16. The van der Waals surface area contributed by atoms with Crippen molar-refractivity contribution in [3.8, 4) is 0 Å². The molecular formula is C19H27ClN2O5S. The number of hydrogen-bond donors (Lipinski definition) is 1. The second-order valence-corrected chi connectivity index (χ2v) is 9.70. The largest absolute Gasteiger partial charge is 0.467 e. The van der Waals surface area contributed by atoms with Crippen LogP contribution in [-0.4, -0.2) is 50.3 Å². The van der Waals surface area contributed by atoms with Gasteiger partial charge in [-0.2, -0.15) is 4.31 Å². The predicted octanol–water partition coefficient (Wildman–Crippen LogP) is 2.83. The first-order valence-electron chi connectivity index (χ1n) is 9.25. The van der Waals surface area contributed by atoms with Gasteiger partial charge in [0.2, 0.25) is 10.0 Å². The van der Waals surface area contributed by atoms with Crippen molar-refractivity contribution >= 4 is 33.5 Å². The molecule has 9 heteroatoms. The highest BCUT2D eigenvalue weighted by molar-refractivity contribution is 7.89. The second-order valence-electron chi connectivity index (χ2n) is 7.39. The highest BCUT2D eigenvalue weighted by Crippen LogP contribution is 2.29. The summed E-state index contributed by atoms with van der Waals surface area (Å²) >= 11 is 6.16. The molecule has 0 bridgehead atoms. The maximum Gasteiger partial charge on any atom is 0.331 e. The average Bonchev–Trinajstić information content (AvgIpc) is 2.67. The second kappa shape index (κ2) is 8.80. The number of nitrogens with zero attached hydrogens (tertiary/aromatic N) is 1. The number of piperidine rings is 1. The van der Waals surface area contributed by atoms with Gasteiger partial charge in [0, 0.05) is 18.7 Å². The van der Waals surface area contributed by atoms with E-state index in [1.54, 1.807) is 13.8 Å². The monoisotopic (exact) mass is 430 g/mol. The molecule has 0 spiro atoms. The Labute approximate surface area is 171 Å². The Hall–Kier alpha value is -1.64. The van der Waals surface area contributed by atoms with Crippen molar-refractivity contribution in [1.29, 1.82) is 0 Å². The summed E-state index contributed by atoms with van der Waals surface area (Å²) < 4.78 is 32.3. The van der Waals surface area contributed by atoms with E-state index in [9.17, 15) is 18.0 Å². The van der Waals surface area contributed by atoms with Crippen molar-refractivity contribution in [1.82, 2.24) is 9.62 Å². The van der Waals surface area contributed by atoms with Gasteiger partial charge in [-0.1, -0.05) is 25.4 Å². The molecule has 1 fully saturated rings. The van der Waals surface area contributed by atoms with E-state index in [-0.39, 0.29) is 21.4 Å². The molecule has 1 heterocycles. The summed E-state index contributed by atoms with van der Waals surface area (Å²) in [6.45, 7) is 6.15. The van der Waals surface area contributed by atoms with E-state index < -0.39 is 27.4 Å². The van der Waals surface area contributed by atoms with Gasteiger partial charge in [-0.05, 0) is 50.3 Å². The number of amides is 1. The van der Waals surface area contributed by atoms with Crippen LogP contribution < -0.4 is 5.32 Å². The number of methoxy groups -OCH3 is 1. The quantitative estimate of drug-likeness (QED) is 0.700. The van der Waals surface area contributed by atoms with Crippen LogP contribution in [0.3, 0.4) is 0 Å². The predicted molar refractivity (Wildman–Crippen MR) is 107 cm³/mol. The summed E-state index contributed by atoms with van der Waals surface area (Å²) in [5.41, 5.74) is -1.11. The highest BCUT2D eigenvalue weighted by atomic mass is 35.5. The van der Waals surface area contributed by atoms with E-state index in [0.29, 0.717) is 19.5 Å². The smallest absolute Gasteiger partial charge is 0.331 e. The van der Waals surface area contributed by atoms with Gasteiger partial charge in [-0.3, -0.25) is 4.79 Å². The normalized spacial score (nSPS) is 20.2. The van der Waals surface area contributed by atoms with Gasteiger partial charge in [0.25, 0.3) is 5.91 Å². The van der Waals surface area contributed by atoms with Gasteiger partial charge in [0.05, 0.1) is 12.1 Å². The van der Waals surface area contributed by atoms with Crippen molar-refractivity contribution < 1.29 is 22.7 Å². The van der Waals surface area contributed by atoms with Crippen molar-refractivity contribution in [2.24, 2.45) is 5.92 Å². The molecule has 1 aromatic carbocycles. The van der Waals surface area contributed by atoms with E-state index >= 15 is 0 Å². The van der Waals surface area contributed by atoms with Crippen LogP contribution in [0.2, 0.25) is 5.02 Å². The van der Waals surface area contributed by atoms with Crippen LogP contribution in [-0.2, 0) is 19.6 Å². The molecule has 1 amide bonds. The molecule has 0 aliphatic carbocycles. The van der Waals surface area contributed by atoms with Crippen LogP contribution >= 0.6 is 11.6 Å². The molecule has 1 aromatic rings. The number of ether oxygens (including phenoxy) is 1. The molecule has 1 aliphatic heterocycles. The summed E-state index contributed by atoms with van der Waals surface area (Å²) in [6.07, 6.45) is 2.08. The van der Waals surface area contributed by atoms with Gasteiger partial charge in [0.15, 0.2) is 0 Å². The fraction of sp³-hybridized carbons (Fsp3) is 0.579. The van der Waals surface area contributed by atoms with E-state index in [1.807, 2.05) is 6.92 Å². The Morgan fingerprint density at radius 2 is 2.07 bits per heavy atom. The topological polar surface area (TPSA) is 92.8 Å². The summed E-state index contributed by atoms with van der Waals surface area (Å²) in [7, 11) is -2.58. The van der Waals surface area contributed by atoms with Crippen molar-refractivity contribution in [2.45, 2.75) is 50.5 Å². The van der Waals surface area contributed by atoms with Crippen LogP contribution in [0.15, 0.2) is 23.1 Å². The number of benzene rings is 1. The molecule has 1 aliphatic rings. The number of nitrogens with one attached hydrogen (secondary N) is 1. The zero-order valence-corrected chi connectivity index (χ0v) is 18.2. The van der Waals surface area contributed by atoms with Gasteiger partial charge in [-0.25, -0.2) is 13.2 Å². The van der Waals surface area contributed by atoms with Crippen LogP contribution in [0, 0.1) is 5.92 Å². The number of hydrogen-bond acceptors (Lipinski definition) is 5. The van der Waals surface area contributed by atoms with Crippen LogP contribution in [0.5, 0.6) is 0 Å². The molecule has 156 valence electrons. The minimum Gasteiger partial charge on any atom is -0.467 e. The van der Waals surface area contributed by atoms with Crippen LogP contribution in [0.25, 0.3) is 0 Å². The molecule has 0 saturated carbocycles. The maximum atomic E-state index is 13.1. The van der Waals surface area contributed by atoms with E-state index in [4.69, 9.17) is 16.3 Å². The maximum absolute atomic E-state index is 13.1. The lowest BCUT2D eigenvalue weighted by Crippen LogP contribution is -2.52. The molecule has 2 unspecified atom stereocenters. The SMILES string of the molecule is CCC(C)(NC(=O)c1ccc(Cl)c(S(=O)(=O)N2CCCC(C)C2)c1)C(=O)OC. The Balaban J connectivity index is 2.34. The lowest BCUT2D eigenvalue weighted by Gasteiger charge is -2.30. The first-order chi connectivity index (χ1) is 13.0. The molecule has 0 aromatic heterocycles. The zero-order valence-electron chi connectivity index (χ0n) is 16.6. The first kappa shape index (κ1) is 22.6. The number of halogens is 1. The zero-order chi connectivity index (χ0) is 21.1. The van der Waals surface area contributed by atoms with Crippen LogP contribution in [0.4, 0.5) is 0 Å². The lowest BCUT2D eigenvalue weighted by atomic mass is 9.98. The minimum absolute atomic E-state index is 0.0565. The van der Waals surface area contributed by atoms with E-state index in [1.165, 1.54) is 29.6 Å². The fourth-order valence-corrected chi connectivity index (χ4v) is 5.28. The first-order valence-corrected chi connectivity index (χ1v) is 11.1. The number of sulfonamides is 1. The lowest BCUT2D eigenvalue weighted by molar-refractivity contribution is -0.147. The molecule has 28 heavy (non-hydrogen) atoms. The van der Waals surface area contributed by atoms with E-state index in [2.05, 4.69) is 5.32 Å². The number of carbonyl (C=O) groups excluding carboxylic acids is 2. The Kier molecular flexibility index (Phi) is 7.12. The molecular weight excluding hydrogens is 404 g/mol. The molecule has 1 saturated heterocycles. The Morgan fingerprint density at radius 3 is 2.64 bits per heavy atom. The van der Waals surface area contributed by atoms with Gasteiger partial charge < -0.3 is 10.1 Å². The number of rotatable bonds is 6. The molecule has 2 atom stereocenters. The minimum atomic E-state index is -3.82. The van der Waals surface area contributed by atoms with Gasteiger partial charge in [-0.15, -0.1) is 0 Å². The molecule has 2 rings (SSSR count). The van der Waals surface area contributed by atoms with Gasteiger partial charge >= 0.3 is 5.97 Å². The van der Waals surface area contributed by atoms with E-state index in [0.717, 1.165) is 12.8 Å². The van der Waals surface area contributed by atoms with Crippen molar-refractivity contribution in [2.75, 3.05) is 20.2 Å². The highest BCUT2D eigenvalue weighted by Gasteiger charge is 2.35. The molecule has 7 nitrogen and oxygen atoms in total. The third kappa shape index (κ3) is 4.67. The third-order valence-corrected chi connectivity index (χ3v) is 7.51. The van der Waals surface area contributed by atoms with Gasteiger partial charge in [0.1, 0.15) is 10.4 Å².